The molecule has 0 heterocycles. The van der Waals surface area contributed by atoms with E-state index in [1.807, 2.05) is 20.8 Å². The second-order valence-electron chi connectivity index (χ2n) is 3.74. The van der Waals surface area contributed by atoms with Crippen molar-refractivity contribution >= 4 is 11.6 Å². The van der Waals surface area contributed by atoms with E-state index in [4.69, 9.17) is 0 Å². The molecule has 0 unspecified atom stereocenters. The van der Waals surface area contributed by atoms with Gasteiger partial charge in [-0.1, -0.05) is 27.7 Å². The van der Waals surface area contributed by atoms with Crippen molar-refractivity contribution in [2.24, 2.45) is 5.41 Å². The summed E-state index contributed by atoms with van der Waals surface area (Å²) < 4.78 is 0. The lowest BCUT2D eigenvalue weighted by atomic mass is 9.88. The monoisotopic (exact) mass is 156 g/mol. The molecule has 64 valence electrons. The van der Waals surface area contributed by atoms with Gasteiger partial charge in [-0.15, -0.1) is 0 Å². The van der Waals surface area contributed by atoms with Crippen LogP contribution >= 0.6 is 0 Å². The van der Waals surface area contributed by atoms with E-state index in [1.165, 1.54) is 0 Å². The molecule has 0 aliphatic heterocycles. The van der Waals surface area contributed by atoms with Gasteiger partial charge < -0.3 is 0 Å². The third-order valence-corrected chi connectivity index (χ3v) is 1.59. The number of ketones is 2. The van der Waals surface area contributed by atoms with E-state index < -0.39 is 0 Å². The highest BCUT2D eigenvalue weighted by Gasteiger charge is 2.22. The largest absolute Gasteiger partial charge is 0.299 e. The Labute approximate surface area is 68.0 Å². The fourth-order valence-corrected chi connectivity index (χ4v) is 0.569. The Bertz CT molecular complexity index is 163. The summed E-state index contributed by atoms with van der Waals surface area (Å²) in [7, 11) is 0. The molecule has 0 aromatic heterocycles. The number of hydrogen-bond donors (Lipinski definition) is 0. The molecule has 0 N–H and O–H groups in total. The Morgan fingerprint density at radius 1 is 1.18 bits per heavy atom. The van der Waals surface area contributed by atoms with Crippen molar-refractivity contribution < 1.29 is 9.59 Å². The summed E-state index contributed by atoms with van der Waals surface area (Å²) in [5.74, 6) is 0.0641. The minimum absolute atomic E-state index is 0.0318. The number of carbonyl (C=O) groups excluding carboxylic acids is 2. The highest BCUT2D eigenvalue weighted by atomic mass is 16.1. The van der Waals surface area contributed by atoms with E-state index >= 15 is 0 Å². The Kier molecular flexibility index (Phi) is 3.43. The summed E-state index contributed by atoms with van der Waals surface area (Å²) in [5.41, 5.74) is -0.370. The normalized spacial score (nSPS) is 11.3. The van der Waals surface area contributed by atoms with Gasteiger partial charge in [-0.05, 0) is 0 Å². The molecule has 2 heteroatoms. The smallest absolute Gasteiger partial charge is 0.145 e. The van der Waals surface area contributed by atoms with Gasteiger partial charge in [0.1, 0.15) is 11.6 Å². The van der Waals surface area contributed by atoms with E-state index in [0.717, 1.165) is 0 Å². The van der Waals surface area contributed by atoms with Crippen LogP contribution in [0.4, 0.5) is 0 Å². The van der Waals surface area contributed by atoms with Crippen LogP contribution in [-0.2, 0) is 9.59 Å². The summed E-state index contributed by atoms with van der Waals surface area (Å²) in [4.78, 5) is 22.1. The van der Waals surface area contributed by atoms with Crippen molar-refractivity contribution in [2.75, 3.05) is 0 Å². The summed E-state index contributed by atoms with van der Waals surface area (Å²) >= 11 is 0. The highest BCUT2D eigenvalue weighted by molar-refractivity contribution is 6.01. The highest BCUT2D eigenvalue weighted by Crippen LogP contribution is 2.16. The van der Waals surface area contributed by atoms with Gasteiger partial charge in [-0.3, -0.25) is 9.59 Å². The number of Topliss-reactive ketones (excluding diaryl/α,β-unsaturated/α-hetero) is 2. The number of rotatable bonds is 3. The van der Waals surface area contributed by atoms with Crippen LogP contribution in [0.3, 0.4) is 0 Å². The molecular weight excluding hydrogens is 140 g/mol. The fourth-order valence-electron chi connectivity index (χ4n) is 0.569. The molecule has 0 saturated carbocycles. The first-order valence-electron chi connectivity index (χ1n) is 3.93. The molecule has 0 aliphatic carbocycles. The van der Waals surface area contributed by atoms with Gasteiger partial charge in [0, 0.05) is 11.8 Å². The molecule has 0 aromatic rings. The van der Waals surface area contributed by atoms with Crippen LogP contribution in [0.5, 0.6) is 0 Å². The molecule has 0 saturated heterocycles. The SMILES string of the molecule is CCC(=O)CC(=O)C(C)(C)C. The lowest BCUT2D eigenvalue weighted by Crippen LogP contribution is -2.22. The number of hydrogen-bond acceptors (Lipinski definition) is 2. The Morgan fingerprint density at radius 3 is 1.91 bits per heavy atom. The fraction of sp³-hybridized carbons (Fsp3) is 0.778. The van der Waals surface area contributed by atoms with Gasteiger partial charge in [0.2, 0.25) is 0 Å². The van der Waals surface area contributed by atoms with Gasteiger partial charge in [0.15, 0.2) is 0 Å². The second-order valence-corrected chi connectivity index (χ2v) is 3.74. The van der Waals surface area contributed by atoms with Crippen LogP contribution in [0.1, 0.15) is 40.5 Å². The van der Waals surface area contributed by atoms with Gasteiger partial charge in [-0.2, -0.15) is 0 Å². The van der Waals surface area contributed by atoms with E-state index in [0.29, 0.717) is 6.42 Å². The molecule has 0 aliphatic rings. The first-order valence-corrected chi connectivity index (χ1v) is 3.93. The van der Waals surface area contributed by atoms with Crippen molar-refractivity contribution in [3.05, 3.63) is 0 Å². The van der Waals surface area contributed by atoms with Crippen LogP contribution in [0.2, 0.25) is 0 Å². The lowest BCUT2D eigenvalue weighted by molar-refractivity contribution is -0.131. The maximum atomic E-state index is 11.2. The Hall–Kier alpha value is -0.660. The maximum Gasteiger partial charge on any atom is 0.145 e. The predicted octanol–water partition coefficient (Wildman–Crippen LogP) is 1.97. The lowest BCUT2D eigenvalue weighted by Gasteiger charge is -2.15. The molecular formula is C9H16O2. The zero-order chi connectivity index (χ0) is 9.07. The van der Waals surface area contributed by atoms with Crippen molar-refractivity contribution in [1.29, 1.82) is 0 Å². The molecule has 0 amide bonds. The Balaban J connectivity index is 3.99. The van der Waals surface area contributed by atoms with Crippen LogP contribution in [0.15, 0.2) is 0 Å². The first kappa shape index (κ1) is 10.3. The van der Waals surface area contributed by atoms with Crippen LogP contribution in [0, 0.1) is 5.41 Å². The van der Waals surface area contributed by atoms with Gasteiger partial charge in [0.05, 0.1) is 6.42 Å². The predicted molar refractivity (Wildman–Crippen MR) is 44.4 cm³/mol. The van der Waals surface area contributed by atoms with Crippen molar-refractivity contribution in [3.8, 4) is 0 Å². The average Bonchev–Trinajstić information content (AvgIpc) is 1.85. The molecule has 0 radical (unpaired) electrons. The minimum Gasteiger partial charge on any atom is -0.299 e. The molecule has 0 fully saturated rings. The third kappa shape index (κ3) is 3.91. The Morgan fingerprint density at radius 2 is 1.64 bits per heavy atom. The summed E-state index contributed by atoms with van der Waals surface area (Å²) in [6, 6.07) is 0. The van der Waals surface area contributed by atoms with Crippen LogP contribution in [0.25, 0.3) is 0 Å². The first-order chi connectivity index (χ1) is 4.88. The molecule has 0 aromatic carbocycles. The molecule has 0 spiro atoms. The van der Waals surface area contributed by atoms with E-state index in [2.05, 4.69) is 0 Å². The van der Waals surface area contributed by atoms with E-state index in [1.54, 1.807) is 6.92 Å². The average molecular weight is 156 g/mol. The van der Waals surface area contributed by atoms with Crippen LogP contribution < -0.4 is 0 Å². The molecule has 0 rings (SSSR count). The topological polar surface area (TPSA) is 34.1 Å². The van der Waals surface area contributed by atoms with E-state index in [-0.39, 0.29) is 23.4 Å². The molecule has 2 nitrogen and oxygen atoms in total. The van der Waals surface area contributed by atoms with Gasteiger partial charge in [0.25, 0.3) is 0 Å². The molecule has 0 atom stereocenters. The van der Waals surface area contributed by atoms with Crippen molar-refractivity contribution in [3.63, 3.8) is 0 Å². The molecule has 0 bridgehead atoms. The zero-order valence-corrected chi connectivity index (χ0v) is 7.73. The van der Waals surface area contributed by atoms with Gasteiger partial charge in [-0.25, -0.2) is 0 Å². The van der Waals surface area contributed by atoms with Crippen LogP contribution in [-0.4, -0.2) is 11.6 Å². The van der Waals surface area contributed by atoms with Crippen molar-refractivity contribution in [1.82, 2.24) is 0 Å². The summed E-state index contributed by atoms with van der Waals surface area (Å²) in [6.07, 6.45) is 0.557. The third-order valence-electron chi connectivity index (χ3n) is 1.59. The van der Waals surface area contributed by atoms with Crippen molar-refractivity contribution in [2.45, 2.75) is 40.5 Å². The molecule has 11 heavy (non-hydrogen) atoms. The standard InChI is InChI=1S/C9H16O2/c1-5-7(10)6-8(11)9(2,3)4/h5-6H2,1-4H3. The zero-order valence-electron chi connectivity index (χ0n) is 7.73. The van der Waals surface area contributed by atoms with E-state index in [9.17, 15) is 9.59 Å². The maximum absolute atomic E-state index is 11.2. The number of carbonyl (C=O) groups is 2. The van der Waals surface area contributed by atoms with Gasteiger partial charge >= 0.3 is 0 Å². The quantitative estimate of drug-likeness (QED) is 0.585. The summed E-state index contributed by atoms with van der Waals surface area (Å²) in [6.45, 7) is 7.27. The minimum atomic E-state index is -0.370. The second kappa shape index (κ2) is 3.65. The summed E-state index contributed by atoms with van der Waals surface area (Å²) in [5, 5.41) is 0.